The molecule has 35 heavy (non-hydrogen) atoms. The lowest BCUT2D eigenvalue weighted by atomic mass is 10.00. The Morgan fingerprint density at radius 1 is 1.03 bits per heavy atom. The van der Waals surface area contributed by atoms with Gasteiger partial charge in [0.2, 0.25) is 5.91 Å². The first kappa shape index (κ1) is 22.8. The maximum atomic E-state index is 13.5. The summed E-state index contributed by atoms with van der Waals surface area (Å²) in [6.07, 6.45) is 2.32. The maximum Gasteiger partial charge on any atom is 0.318 e. The molecule has 3 heterocycles. The smallest absolute Gasteiger partial charge is 0.318 e. The van der Waals surface area contributed by atoms with Gasteiger partial charge >= 0.3 is 6.03 Å². The first-order chi connectivity index (χ1) is 17.1. The number of benzene rings is 2. The van der Waals surface area contributed by atoms with E-state index in [-0.39, 0.29) is 30.4 Å². The molecule has 5 rings (SSSR count). The summed E-state index contributed by atoms with van der Waals surface area (Å²) in [5.74, 6) is 1.54. The average molecular weight is 475 g/mol. The maximum absolute atomic E-state index is 13.5. The largest absolute Gasteiger partial charge is 0.497 e. The van der Waals surface area contributed by atoms with Crippen LogP contribution in [0, 0.1) is 0 Å². The van der Waals surface area contributed by atoms with Crippen LogP contribution >= 0.6 is 0 Å². The second-order valence-electron chi connectivity index (χ2n) is 8.78. The molecule has 1 fully saturated rings. The molecule has 0 spiro atoms. The minimum absolute atomic E-state index is 0.00366. The summed E-state index contributed by atoms with van der Waals surface area (Å²) in [5.41, 5.74) is 2.89. The number of aromatic nitrogens is 1. The van der Waals surface area contributed by atoms with Crippen molar-refractivity contribution in [2.24, 2.45) is 0 Å². The Bertz CT molecular complexity index is 1190. The Hall–Kier alpha value is -3.94. The molecule has 8 nitrogen and oxygen atoms in total. The Balaban J connectivity index is 1.32. The van der Waals surface area contributed by atoms with Gasteiger partial charge < -0.3 is 29.2 Å². The van der Waals surface area contributed by atoms with E-state index in [9.17, 15) is 9.59 Å². The molecule has 2 atom stereocenters. The van der Waals surface area contributed by atoms with E-state index in [1.807, 2.05) is 66.4 Å². The molecule has 1 N–H and O–H groups in total. The fraction of sp³-hybridized carbons (Fsp3) is 0.333. The Morgan fingerprint density at radius 3 is 2.49 bits per heavy atom. The molecular weight excluding hydrogens is 444 g/mol. The number of rotatable bonds is 6. The lowest BCUT2D eigenvalue weighted by Crippen LogP contribution is -2.50. The number of hydrogen-bond donors (Lipinski definition) is 1. The summed E-state index contributed by atoms with van der Waals surface area (Å²) in [6.45, 7) is 4.30. The van der Waals surface area contributed by atoms with Crippen molar-refractivity contribution in [2.75, 3.05) is 31.7 Å². The minimum atomic E-state index is -0.258. The third-order valence-electron chi connectivity index (χ3n) is 6.64. The van der Waals surface area contributed by atoms with Gasteiger partial charge in [0.15, 0.2) is 0 Å². The van der Waals surface area contributed by atoms with E-state index >= 15 is 0 Å². The topological polar surface area (TPSA) is 76.0 Å². The van der Waals surface area contributed by atoms with E-state index in [1.54, 1.807) is 12.0 Å². The van der Waals surface area contributed by atoms with Crippen LogP contribution in [0.1, 0.15) is 30.6 Å². The van der Waals surface area contributed by atoms with Gasteiger partial charge in [-0.2, -0.15) is 0 Å². The first-order valence-electron chi connectivity index (χ1n) is 12.0. The van der Waals surface area contributed by atoms with Gasteiger partial charge in [-0.05, 0) is 61.0 Å². The van der Waals surface area contributed by atoms with Crippen LogP contribution in [0.25, 0.3) is 0 Å². The summed E-state index contributed by atoms with van der Waals surface area (Å²) < 4.78 is 13.0. The standard InChI is InChI=1S/C27H30N4O4/c1-3-35-23-10-6-19(7-11-23)26-24-5-4-14-29(24)15-16-30(26)27(33)28-20-17-25(32)31(18-20)21-8-12-22(34-2)13-9-21/h4-14,20,26H,3,15-18H2,1-2H3,(H,28,33). The Morgan fingerprint density at radius 2 is 1.77 bits per heavy atom. The van der Waals surface area contributed by atoms with Crippen molar-refractivity contribution in [1.29, 1.82) is 0 Å². The number of urea groups is 1. The van der Waals surface area contributed by atoms with Crippen molar-refractivity contribution in [3.63, 3.8) is 0 Å². The van der Waals surface area contributed by atoms with Crippen LogP contribution in [0.15, 0.2) is 66.9 Å². The van der Waals surface area contributed by atoms with Crippen molar-refractivity contribution in [1.82, 2.24) is 14.8 Å². The monoisotopic (exact) mass is 474 g/mol. The van der Waals surface area contributed by atoms with Crippen LogP contribution in [0.4, 0.5) is 10.5 Å². The summed E-state index contributed by atoms with van der Waals surface area (Å²) in [4.78, 5) is 29.8. The molecule has 0 aliphatic carbocycles. The zero-order valence-corrected chi connectivity index (χ0v) is 20.0. The summed E-state index contributed by atoms with van der Waals surface area (Å²) in [7, 11) is 1.61. The first-order valence-corrected chi connectivity index (χ1v) is 12.0. The molecule has 182 valence electrons. The number of hydrogen-bond acceptors (Lipinski definition) is 4. The number of methoxy groups -OCH3 is 1. The molecule has 0 saturated carbocycles. The molecule has 2 aliphatic heterocycles. The number of amides is 3. The van der Waals surface area contributed by atoms with Gasteiger partial charge in [0, 0.05) is 43.6 Å². The highest BCUT2D eigenvalue weighted by Crippen LogP contribution is 2.33. The predicted octanol–water partition coefficient (Wildman–Crippen LogP) is 3.82. The summed E-state index contributed by atoms with van der Waals surface area (Å²) in [5, 5.41) is 3.12. The van der Waals surface area contributed by atoms with Gasteiger partial charge in [0.1, 0.15) is 11.5 Å². The molecule has 1 saturated heterocycles. The second-order valence-corrected chi connectivity index (χ2v) is 8.78. The summed E-state index contributed by atoms with van der Waals surface area (Å²) in [6, 6.07) is 18.7. The number of carbonyl (C=O) groups excluding carboxylic acids is 2. The second kappa shape index (κ2) is 9.74. The molecule has 3 aromatic rings. The van der Waals surface area contributed by atoms with Crippen molar-refractivity contribution in [3.8, 4) is 11.5 Å². The van der Waals surface area contributed by atoms with Gasteiger partial charge in [-0.3, -0.25) is 4.79 Å². The number of fused-ring (bicyclic) bond motifs is 1. The molecule has 8 heteroatoms. The van der Waals surface area contributed by atoms with Crippen LogP contribution in [0.3, 0.4) is 0 Å². The fourth-order valence-corrected chi connectivity index (χ4v) is 4.94. The lowest BCUT2D eigenvalue weighted by Gasteiger charge is -2.38. The number of nitrogens with one attached hydrogen (secondary N) is 1. The lowest BCUT2D eigenvalue weighted by molar-refractivity contribution is -0.117. The van der Waals surface area contributed by atoms with Crippen molar-refractivity contribution < 1.29 is 19.1 Å². The highest BCUT2D eigenvalue weighted by Gasteiger charge is 2.36. The minimum Gasteiger partial charge on any atom is -0.497 e. The molecule has 0 radical (unpaired) electrons. The van der Waals surface area contributed by atoms with Crippen molar-refractivity contribution in [3.05, 3.63) is 78.1 Å². The molecule has 3 amide bonds. The Labute approximate surface area is 205 Å². The van der Waals surface area contributed by atoms with E-state index in [0.29, 0.717) is 19.7 Å². The van der Waals surface area contributed by atoms with Gasteiger partial charge in [0.25, 0.3) is 0 Å². The van der Waals surface area contributed by atoms with E-state index in [4.69, 9.17) is 9.47 Å². The zero-order valence-electron chi connectivity index (χ0n) is 20.0. The van der Waals surface area contributed by atoms with Crippen LogP contribution < -0.4 is 19.7 Å². The SMILES string of the molecule is CCOc1ccc(C2c3cccn3CCN2C(=O)NC2CC(=O)N(c3ccc(OC)cc3)C2)cc1. The van der Waals surface area contributed by atoms with Gasteiger partial charge in [0.05, 0.1) is 25.8 Å². The number of anilines is 1. The van der Waals surface area contributed by atoms with E-state index < -0.39 is 0 Å². The van der Waals surface area contributed by atoms with Crippen LogP contribution in [-0.2, 0) is 11.3 Å². The fourth-order valence-electron chi connectivity index (χ4n) is 4.94. The van der Waals surface area contributed by atoms with Crippen LogP contribution in [0.5, 0.6) is 11.5 Å². The van der Waals surface area contributed by atoms with Crippen LogP contribution in [0.2, 0.25) is 0 Å². The van der Waals surface area contributed by atoms with Crippen LogP contribution in [-0.4, -0.2) is 54.3 Å². The van der Waals surface area contributed by atoms with Gasteiger partial charge in [-0.15, -0.1) is 0 Å². The van der Waals surface area contributed by atoms with Gasteiger partial charge in [-0.1, -0.05) is 12.1 Å². The third kappa shape index (κ3) is 4.56. The van der Waals surface area contributed by atoms with Gasteiger partial charge in [-0.25, -0.2) is 4.79 Å². The Kier molecular flexibility index (Phi) is 6.35. The zero-order chi connectivity index (χ0) is 24.4. The molecule has 2 aromatic carbocycles. The number of ether oxygens (including phenoxy) is 2. The average Bonchev–Trinajstić information content (AvgIpc) is 3.50. The predicted molar refractivity (Wildman–Crippen MR) is 133 cm³/mol. The third-order valence-corrected chi connectivity index (χ3v) is 6.64. The van der Waals surface area contributed by atoms with E-state index in [1.165, 1.54) is 0 Å². The van der Waals surface area contributed by atoms with E-state index in [0.717, 1.165) is 35.0 Å². The van der Waals surface area contributed by atoms with Crippen molar-refractivity contribution in [2.45, 2.75) is 32.0 Å². The van der Waals surface area contributed by atoms with Crippen molar-refractivity contribution >= 4 is 17.6 Å². The molecule has 0 bridgehead atoms. The highest BCUT2D eigenvalue weighted by molar-refractivity contribution is 5.96. The summed E-state index contributed by atoms with van der Waals surface area (Å²) >= 11 is 0. The molecular formula is C27H30N4O4. The molecule has 2 unspecified atom stereocenters. The quantitative estimate of drug-likeness (QED) is 0.590. The normalized spacial score (nSPS) is 19.4. The number of carbonyl (C=O) groups is 2. The molecule has 1 aromatic heterocycles. The van der Waals surface area contributed by atoms with E-state index in [2.05, 4.69) is 22.1 Å². The number of nitrogens with zero attached hydrogens (tertiary/aromatic N) is 3. The highest BCUT2D eigenvalue weighted by atomic mass is 16.5. The molecule has 2 aliphatic rings.